The number of carbonyl (C=O) groups excluding carboxylic acids is 2. The molecule has 0 aliphatic carbocycles. The number of aliphatic hydroxyl groups is 1. The molecule has 0 saturated carbocycles. The zero-order valence-corrected chi connectivity index (χ0v) is 13.3. The number of ketones is 1. The Hall–Kier alpha value is -2.08. The highest BCUT2D eigenvalue weighted by molar-refractivity contribution is 6.06. The SMILES string of the molecule is CCOc1cc(CO)cc2c1OC(C)(C)C(=O)N2CC(C)=O. The molecule has 0 saturated heterocycles. The van der Waals surface area contributed by atoms with E-state index in [4.69, 9.17) is 9.47 Å². The number of nitrogens with zero attached hydrogens (tertiary/aromatic N) is 1. The van der Waals surface area contributed by atoms with Crippen molar-refractivity contribution in [2.75, 3.05) is 18.1 Å². The zero-order valence-electron chi connectivity index (χ0n) is 13.3. The summed E-state index contributed by atoms with van der Waals surface area (Å²) in [5.74, 6) is 0.445. The van der Waals surface area contributed by atoms with Gasteiger partial charge in [0.05, 0.1) is 25.4 Å². The third kappa shape index (κ3) is 2.92. The van der Waals surface area contributed by atoms with Crippen molar-refractivity contribution in [3.05, 3.63) is 17.7 Å². The molecule has 6 nitrogen and oxygen atoms in total. The highest BCUT2D eigenvalue weighted by Crippen LogP contribution is 2.45. The van der Waals surface area contributed by atoms with Crippen molar-refractivity contribution in [1.82, 2.24) is 0 Å². The second-order valence-corrected chi connectivity index (χ2v) is 5.74. The lowest BCUT2D eigenvalue weighted by Gasteiger charge is -2.39. The normalized spacial score (nSPS) is 16.0. The van der Waals surface area contributed by atoms with Crippen LogP contribution < -0.4 is 14.4 Å². The molecule has 1 amide bonds. The van der Waals surface area contributed by atoms with Crippen LogP contribution in [-0.2, 0) is 16.2 Å². The lowest BCUT2D eigenvalue weighted by molar-refractivity contribution is -0.133. The third-order valence-electron chi connectivity index (χ3n) is 3.37. The monoisotopic (exact) mass is 307 g/mol. The molecule has 1 N–H and O–H groups in total. The Morgan fingerprint density at radius 2 is 2.09 bits per heavy atom. The van der Waals surface area contributed by atoms with Gasteiger partial charge in [-0.2, -0.15) is 0 Å². The molecule has 0 unspecified atom stereocenters. The topological polar surface area (TPSA) is 76.1 Å². The van der Waals surface area contributed by atoms with Gasteiger partial charge in [0, 0.05) is 0 Å². The molecule has 0 spiro atoms. The molecule has 0 atom stereocenters. The van der Waals surface area contributed by atoms with E-state index in [9.17, 15) is 14.7 Å². The van der Waals surface area contributed by atoms with E-state index in [0.717, 1.165) is 0 Å². The van der Waals surface area contributed by atoms with Crippen LogP contribution in [-0.4, -0.2) is 35.5 Å². The quantitative estimate of drug-likeness (QED) is 0.895. The summed E-state index contributed by atoms with van der Waals surface area (Å²) in [7, 11) is 0. The van der Waals surface area contributed by atoms with Crippen molar-refractivity contribution in [2.45, 2.75) is 39.9 Å². The Balaban J connectivity index is 2.63. The molecule has 0 fully saturated rings. The Kier molecular flexibility index (Phi) is 4.42. The third-order valence-corrected chi connectivity index (χ3v) is 3.37. The van der Waals surface area contributed by atoms with Crippen molar-refractivity contribution in [3.8, 4) is 11.5 Å². The smallest absolute Gasteiger partial charge is 0.271 e. The van der Waals surface area contributed by atoms with Gasteiger partial charge < -0.3 is 14.6 Å². The van der Waals surface area contributed by atoms with Crippen LogP contribution in [0.15, 0.2) is 12.1 Å². The molecule has 6 heteroatoms. The molecular formula is C16H21NO5. The fourth-order valence-corrected chi connectivity index (χ4v) is 2.41. The lowest BCUT2D eigenvalue weighted by Crippen LogP contribution is -2.53. The van der Waals surface area contributed by atoms with Gasteiger partial charge in [0.25, 0.3) is 5.91 Å². The molecule has 0 bridgehead atoms. The van der Waals surface area contributed by atoms with Crippen LogP contribution in [0.2, 0.25) is 0 Å². The maximum absolute atomic E-state index is 12.6. The van der Waals surface area contributed by atoms with E-state index < -0.39 is 5.60 Å². The number of rotatable bonds is 5. The number of anilines is 1. The Morgan fingerprint density at radius 1 is 1.41 bits per heavy atom. The number of carbonyl (C=O) groups is 2. The number of hydrogen-bond donors (Lipinski definition) is 1. The number of Topliss-reactive ketones (excluding diaryl/α,β-unsaturated/α-hetero) is 1. The fraction of sp³-hybridized carbons (Fsp3) is 0.500. The minimum absolute atomic E-state index is 0.0426. The Morgan fingerprint density at radius 3 is 2.64 bits per heavy atom. The van der Waals surface area contributed by atoms with Gasteiger partial charge >= 0.3 is 0 Å². The molecule has 1 aromatic carbocycles. The van der Waals surface area contributed by atoms with Gasteiger partial charge in [-0.1, -0.05) is 0 Å². The first-order valence-electron chi connectivity index (χ1n) is 7.21. The van der Waals surface area contributed by atoms with E-state index in [-0.39, 0.29) is 24.8 Å². The minimum atomic E-state index is -1.09. The summed E-state index contributed by atoms with van der Waals surface area (Å²) >= 11 is 0. The number of amides is 1. The second-order valence-electron chi connectivity index (χ2n) is 5.74. The minimum Gasteiger partial charge on any atom is -0.490 e. The van der Waals surface area contributed by atoms with Crippen LogP contribution in [0.5, 0.6) is 11.5 Å². The standard InChI is InChI=1S/C16H21NO5/c1-5-21-13-7-11(9-18)6-12-14(13)22-16(3,4)15(20)17(12)8-10(2)19/h6-7,18H,5,8-9H2,1-4H3. The van der Waals surface area contributed by atoms with Crippen LogP contribution in [0.4, 0.5) is 5.69 Å². The second kappa shape index (κ2) is 5.96. The largest absolute Gasteiger partial charge is 0.490 e. The highest BCUT2D eigenvalue weighted by atomic mass is 16.5. The first kappa shape index (κ1) is 16.3. The van der Waals surface area contributed by atoms with Crippen LogP contribution in [0.3, 0.4) is 0 Å². The average Bonchev–Trinajstić information content (AvgIpc) is 2.44. The van der Waals surface area contributed by atoms with Crippen molar-refractivity contribution in [3.63, 3.8) is 0 Å². The number of fused-ring (bicyclic) bond motifs is 1. The maximum Gasteiger partial charge on any atom is 0.271 e. The van der Waals surface area contributed by atoms with Gasteiger partial charge in [-0.25, -0.2) is 0 Å². The summed E-state index contributed by atoms with van der Waals surface area (Å²) in [5, 5.41) is 9.40. The van der Waals surface area contributed by atoms with E-state index >= 15 is 0 Å². The van der Waals surface area contributed by atoms with E-state index in [1.807, 2.05) is 6.92 Å². The number of aliphatic hydroxyl groups excluding tert-OH is 1. The van der Waals surface area contributed by atoms with Gasteiger partial charge in [-0.15, -0.1) is 0 Å². The maximum atomic E-state index is 12.6. The molecule has 1 aliphatic rings. The summed E-state index contributed by atoms with van der Waals surface area (Å²) in [5.41, 5.74) is -0.0453. The van der Waals surface area contributed by atoms with Crippen LogP contribution in [0, 0.1) is 0 Å². The fourth-order valence-electron chi connectivity index (χ4n) is 2.41. The number of ether oxygens (including phenoxy) is 2. The first-order chi connectivity index (χ1) is 10.3. The van der Waals surface area contributed by atoms with Crippen molar-refractivity contribution >= 4 is 17.4 Å². The number of benzene rings is 1. The molecule has 22 heavy (non-hydrogen) atoms. The van der Waals surface area contributed by atoms with E-state index in [1.54, 1.807) is 26.0 Å². The summed E-state index contributed by atoms with van der Waals surface area (Å²) in [6.45, 7) is 6.76. The van der Waals surface area contributed by atoms with Gasteiger partial charge in [0.2, 0.25) is 0 Å². The summed E-state index contributed by atoms with van der Waals surface area (Å²) in [6, 6.07) is 3.33. The number of hydrogen-bond acceptors (Lipinski definition) is 5. The predicted molar refractivity (Wildman–Crippen MR) is 81.3 cm³/mol. The Labute approximate surface area is 129 Å². The van der Waals surface area contributed by atoms with Crippen LogP contribution in [0.1, 0.15) is 33.3 Å². The zero-order chi connectivity index (χ0) is 16.5. The molecule has 1 aromatic rings. The molecule has 0 radical (unpaired) electrons. The highest BCUT2D eigenvalue weighted by Gasteiger charge is 2.42. The predicted octanol–water partition coefficient (Wildman–Crippen LogP) is 1.67. The van der Waals surface area contributed by atoms with Gasteiger partial charge in [-0.05, 0) is 45.4 Å². The molecule has 120 valence electrons. The van der Waals surface area contributed by atoms with E-state index in [2.05, 4.69) is 0 Å². The average molecular weight is 307 g/mol. The summed E-state index contributed by atoms with van der Waals surface area (Å²) in [4.78, 5) is 25.5. The van der Waals surface area contributed by atoms with Gasteiger partial charge in [-0.3, -0.25) is 14.5 Å². The van der Waals surface area contributed by atoms with Crippen LogP contribution in [0.25, 0.3) is 0 Å². The van der Waals surface area contributed by atoms with Crippen LogP contribution >= 0.6 is 0 Å². The van der Waals surface area contributed by atoms with Gasteiger partial charge in [0.15, 0.2) is 17.1 Å². The molecule has 2 rings (SSSR count). The molecule has 1 aliphatic heterocycles. The lowest BCUT2D eigenvalue weighted by atomic mass is 10.0. The van der Waals surface area contributed by atoms with Gasteiger partial charge in [0.1, 0.15) is 5.78 Å². The molecule has 1 heterocycles. The van der Waals surface area contributed by atoms with E-state index in [1.165, 1.54) is 11.8 Å². The van der Waals surface area contributed by atoms with E-state index in [0.29, 0.717) is 29.4 Å². The molecular weight excluding hydrogens is 286 g/mol. The van der Waals surface area contributed by atoms with Crippen molar-refractivity contribution in [2.24, 2.45) is 0 Å². The summed E-state index contributed by atoms with van der Waals surface area (Å²) < 4.78 is 11.4. The Bertz CT molecular complexity index is 609. The van der Waals surface area contributed by atoms with Crippen molar-refractivity contribution < 1.29 is 24.2 Å². The summed E-state index contributed by atoms with van der Waals surface area (Å²) in [6.07, 6.45) is 0. The molecule has 0 aromatic heterocycles. The van der Waals surface area contributed by atoms with Crippen molar-refractivity contribution in [1.29, 1.82) is 0 Å². The first-order valence-corrected chi connectivity index (χ1v) is 7.21.